The van der Waals surface area contributed by atoms with Crippen LogP contribution in [0.25, 0.3) is 0 Å². The topological polar surface area (TPSA) is 26.3 Å². The predicted molar refractivity (Wildman–Crippen MR) is 55.3 cm³/mol. The van der Waals surface area contributed by atoms with Crippen LogP contribution in [-0.4, -0.2) is 15.7 Å². The molecule has 0 aliphatic heterocycles. The third-order valence-corrected chi connectivity index (χ3v) is 1.59. The summed E-state index contributed by atoms with van der Waals surface area (Å²) in [6.07, 6.45) is 1.17. The molecule has 0 aliphatic rings. The van der Waals surface area contributed by atoms with Crippen molar-refractivity contribution in [2.24, 2.45) is 0 Å². The van der Waals surface area contributed by atoms with E-state index in [-0.39, 0.29) is 6.10 Å². The number of halogens is 3. The minimum Gasteiger partial charge on any atom is -0.496 e. The quantitative estimate of drug-likeness (QED) is 0.433. The van der Waals surface area contributed by atoms with Crippen molar-refractivity contribution >= 4 is 40.6 Å². The Balaban J connectivity index is 4.32. The van der Waals surface area contributed by atoms with Gasteiger partial charge in [-0.1, -0.05) is 34.8 Å². The van der Waals surface area contributed by atoms with Gasteiger partial charge in [0.1, 0.15) is 0 Å². The Kier molecular flexibility index (Phi) is 5.11. The van der Waals surface area contributed by atoms with Crippen molar-refractivity contribution in [3.63, 3.8) is 0 Å². The van der Waals surface area contributed by atoms with Crippen LogP contribution in [-0.2, 0) is 9.53 Å². The fourth-order valence-corrected chi connectivity index (χ4v) is 0.836. The number of carbonyl (C=O) groups excluding carboxylic acids is 1. The molecule has 0 bridgehead atoms. The van der Waals surface area contributed by atoms with Gasteiger partial charge in [0, 0.05) is 6.08 Å². The molecule has 0 spiro atoms. The molecule has 0 unspecified atom stereocenters. The van der Waals surface area contributed by atoms with Crippen LogP contribution in [0.5, 0.6) is 0 Å². The summed E-state index contributed by atoms with van der Waals surface area (Å²) in [6.45, 7) is 5.32. The summed E-state index contributed by atoms with van der Waals surface area (Å²) in [5, 5.41) is 0. The van der Waals surface area contributed by atoms with Gasteiger partial charge in [-0.2, -0.15) is 0 Å². The first-order chi connectivity index (χ1) is 5.73. The lowest BCUT2D eigenvalue weighted by molar-refractivity contribution is -0.114. The molecular formula is C8H11Cl3O2. The zero-order chi connectivity index (χ0) is 10.6. The molecular weight excluding hydrogens is 234 g/mol. The molecule has 0 N–H and O–H groups in total. The van der Waals surface area contributed by atoms with Crippen molar-refractivity contribution < 1.29 is 9.53 Å². The predicted octanol–water partition coefficient (Wildman–Crippen LogP) is 3.25. The number of hydrogen-bond acceptors (Lipinski definition) is 2. The summed E-state index contributed by atoms with van der Waals surface area (Å²) < 4.78 is 3.28. The molecule has 0 aromatic heterocycles. The maximum atomic E-state index is 11.1. The average Bonchev–Trinajstić information content (AvgIpc) is 1.82. The molecule has 0 amide bonds. The second-order valence-corrected chi connectivity index (χ2v) is 5.06. The van der Waals surface area contributed by atoms with E-state index < -0.39 is 9.58 Å². The highest BCUT2D eigenvalue weighted by Crippen LogP contribution is 2.27. The first-order valence-corrected chi connectivity index (χ1v) is 4.83. The highest BCUT2D eigenvalue weighted by Gasteiger charge is 2.28. The lowest BCUT2D eigenvalue weighted by atomic mass is 10.3. The Bertz CT molecular complexity index is 216. The molecule has 0 rings (SSSR count). The normalized spacial score (nSPS) is 13.3. The Hall–Kier alpha value is 0.0800. The Morgan fingerprint density at radius 2 is 1.85 bits per heavy atom. The lowest BCUT2D eigenvalue weighted by Crippen LogP contribution is -2.17. The standard InChI is InChI=1S/C8H11Cl3O2/c1-5(2)13-6(3)4-7(12)8(9,10)11/h4-5H,1-3H3/b6-4+. The summed E-state index contributed by atoms with van der Waals surface area (Å²) >= 11 is 16.0. The Morgan fingerprint density at radius 1 is 1.38 bits per heavy atom. The van der Waals surface area contributed by atoms with E-state index in [4.69, 9.17) is 39.5 Å². The lowest BCUT2D eigenvalue weighted by Gasteiger charge is -2.11. The summed E-state index contributed by atoms with van der Waals surface area (Å²) in [5.41, 5.74) is 0. The summed E-state index contributed by atoms with van der Waals surface area (Å²) in [6, 6.07) is 0. The van der Waals surface area contributed by atoms with Crippen LogP contribution in [0.3, 0.4) is 0 Å². The van der Waals surface area contributed by atoms with E-state index in [1.165, 1.54) is 6.08 Å². The number of alkyl halides is 3. The highest BCUT2D eigenvalue weighted by atomic mass is 35.6. The van der Waals surface area contributed by atoms with E-state index in [0.717, 1.165) is 0 Å². The number of hydrogen-bond donors (Lipinski definition) is 0. The molecule has 13 heavy (non-hydrogen) atoms. The van der Waals surface area contributed by atoms with Crippen molar-refractivity contribution in [2.75, 3.05) is 0 Å². The van der Waals surface area contributed by atoms with E-state index in [1.807, 2.05) is 13.8 Å². The van der Waals surface area contributed by atoms with Crippen molar-refractivity contribution in [3.8, 4) is 0 Å². The highest BCUT2D eigenvalue weighted by molar-refractivity contribution is 6.77. The molecule has 5 heteroatoms. The molecule has 0 heterocycles. The van der Waals surface area contributed by atoms with Gasteiger partial charge in [-0.25, -0.2) is 0 Å². The molecule has 0 fully saturated rings. The summed E-state index contributed by atoms with van der Waals surface area (Å²) in [7, 11) is 0. The molecule has 0 aromatic carbocycles. The Morgan fingerprint density at radius 3 is 2.15 bits per heavy atom. The average molecular weight is 246 g/mol. The van der Waals surface area contributed by atoms with E-state index in [1.54, 1.807) is 6.92 Å². The third kappa shape index (κ3) is 6.19. The molecule has 0 aromatic rings. The molecule has 0 saturated heterocycles. The molecule has 2 nitrogen and oxygen atoms in total. The third-order valence-electron chi connectivity index (χ3n) is 1.04. The van der Waals surface area contributed by atoms with Crippen LogP contribution < -0.4 is 0 Å². The van der Waals surface area contributed by atoms with E-state index in [2.05, 4.69) is 0 Å². The summed E-state index contributed by atoms with van der Waals surface area (Å²) in [4.78, 5) is 11.1. The second-order valence-electron chi connectivity index (χ2n) is 2.78. The molecule has 0 atom stereocenters. The molecule has 76 valence electrons. The maximum absolute atomic E-state index is 11.1. The van der Waals surface area contributed by atoms with Crippen molar-refractivity contribution in [1.82, 2.24) is 0 Å². The van der Waals surface area contributed by atoms with Gasteiger partial charge >= 0.3 is 0 Å². The van der Waals surface area contributed by atoms with Gasteiger partial charge < -0.3 is 4.74 Å². The van der Waals surface area contributed by atoms with E-state index in [0.29, 0.717) is 5.76 Å². The van der Waals surface area contributed by atoms with Crippen LogP contribution in [0.1, 0.15) is 20.8 Å². The van der Waals surface area contributed by atoms with Gasteiger partial charge in [-0.15, -0.1) is 0 Å². The van der Waals surface area contributed by atoms with Crippen molar-refractivity contribution in [1.29, 1.82) is 0 Å². The first-order valence-electron chi connectivity index (χ1n) is 3.69. The van der Waals surface area contributed by atoms with Gasteiger partial charge in [-0.3, -0.25) is 4.79 Å². The van der Waals surface area contributed by atoms with Crippen LogP contribution in [0, 0.1) is 0 Å². The molecule has 0 aliphatic carbocycles. The number of carbonyl (C=O) groups is 1. The second kappa shape index (κ2) is 5.08. The van der Waals surface area contributed by atoms with Crippen molar-refractivity contribution in [3.05, 3.63) is 11.8 Å². The van der Waals surface area contributed by atoms with Crippen LogP contribution >= 0.6 is 34.8 Å². The van der Waals surface area contributed by atoms with E-state index in [9.17, 15) is 4.79 Å². The molecule has 0 radical (unpaired) electrons. The monoisotopic (exact) mass is 244 g/mol. The van der Waals surface area contributed by atoms with Gasteiger partial charge in [0.15, 0.2) is 0 Å². The van der Waals surface area contributed by atoms with Crippen molar-refractivity contribution in [2.45, 2.75) is 30.7 Å². The van der Waals surface area contributed by atoms with Crippen LogP contribution in [0.15, 0.2) is 11.8 Å². The van der Waals surface area contributed by atoms with Gasteiger partial charge in [0.05, 0.1) is 11.9 Å². The van der Waals surface area contributed by atoms with Gasteiger partial charge in [0.25, 0.3) is 3.79 Å². The molecule has 0 saturated carbocycles. The first kappa shape index (κ1) is 13.1. The number of rotatable bonds is 3. The van der Waals surface area contributed by atoms with Crippen LogP contribution in [0.2, 0.25) is 0 Å². The number of ether oxygens (including phenoxy) is 1. The zero-order valence-electron chi connectivity index (χ0n) is 7.61. The largest absolute Gasteiger partial charge is 0.496 e. The number of allylic oxidation sites excluding steroid dienone is 2. The number of ketones is 1. The zero-order valence-corrected chi connectivity index (χ0v) is 9.87. The van der Waals surface area contributed by atoms with E-state index >= 15 is 0 Å². The fourth-order valence-electron chi connectivity index (χ4n) is 0.672. The fraction of sp³-hybridized carbons (Fsp3) is 0.625. The van der Waals surface area contributed by atoms with Crippen LogP contribution in [0.4, 0.5) is 0 Å². The summed E-state index contributed by atoms with van der Waals surface area (Å²) in [5.74, 6) is -0.165. The Labute approximate surface area is 92.8 Å². The minimum atomic E-state index is -1.90. The SMILES string of the molecule is C/C(=C\C(=O)C(Cl)(Cl)Cl)OC(C)C. The van der Waals surface area contributed by atoms with Gasteiger partial charge in [0.2, 0.25) is 5.78 Å². The smallest absolute Gasteiger partial charge is 0.252 e. The maximum Gasteiger partial charge on any atom is 0.252 e. The van der Waals surface area contributed by atoms with Gasteiger partial charge in [-0.05, 0) is 20.8 Å². The minimum absolute atomic E-state index is 0.000531.